The van der Waals surface area contributed by atoms with Gasteiger partial charge in [-0.2, -0.15) is 0 Å². The third kappa shape index (κ3) is 3.15. The molecule has 2 aromatic carbocycles. The summed E-state index contributed by atoms with van der Waals surface area (Å²) in [4.78, 5) is 0. The second-order valence-corrected chi connectivity index (χ2v) is 4.78. The Bertz CT molecular complexity index is 570. The Morgan fingerprint density at radius 1 is 1.11 bits per heavy atom. The summed E-state index contributed by atoms with van der Waals surface area (Å²) >= 11 is 11.8. The van der Waals surface area contributed by atoms with Crippen LogP contribution >= 0.6 is 23.2 Å². The van der Waals surface area contributed by atoms with Crippen LogP contribution in [0.4, 0.5) is 4.39 Å². The van der Waals surface area contributed by atoms with Crippen LogP contribution in [0.1, 0.15) is 11.1 Å². The standard InChI is InChI=1S/C14H11Cl2FO/c1-9-2-5-12(17)7-14(9)18-8-10-3-4-11(15)6-13(10)16/h2-7H,8H2,1H3. The van der Waals surface area contributed by atoms with Crippen molar-refractivity contribution in [3.05, 3.63) is 63.4 Å². The smallest absolute Gasteiger partial charge is 0.126 e. The fourth-order valence-electron chi connectivity index (χ4n) is 1.52. The van der Waals surface area contributed by atoms with E-state index in [0.29, 0.717) is 15.8 Å². The van der Waals surface area contributed by atoms with Crippen LogP contribution in [0, 0.1) is 12.7 Å². The summed E-state index contributed by atoms with van der Waals surface area (Å²) < 4.78 is 18.6. The van der Waals surface area contributed by atoms with Gasteiger partial charge in [0.15, 0.2) is 0 Å². The monoisotopic (exact) mass is 284 g/mol. The molecule has 94 valence electrons. The average Bonchev–Trinajstić information content (AvgIpc) is 2.32. The minimum absolute atomic E-state index is 0.278. The number of hydrogen-bond acceptors (Lipinski definition) is 1. The molecule has 0 atom stereocenters. The third-order valence-corrected chi connectivity index (χ3v) is 3.14. The zero-order valence-electron chi connectivity index (χ0n) is 9.71. The van der Waals surface area contributed by atoms with Gasteiger partial charge in [0.25, 0.3) is 0 Å². The molecule has 0 fully saturated rings. The van der Waals surface area contributed by atoms with Crippen molar-refractivity contribution < 1.29 is 9.13 Å². The van der Waals surface area contributed by atoms with Crippen LogP contribution < -0.4 is 4.74 Å². The Labute approximate surface area is 115 Å². The first-order valence-electron chi connectivity index (χ1n) is 5.39. The molecule has 0 unspecified atom stereocenters. The highest BCUT2D eigenvalue weighted by Crippen LogP contribution is 2.24. The molecule has 2 aromatic rings. The molecule has 2 rings (SSSR count). The molecular formula is C14H11Cl2FO. The first-order valence-corrected chi connectivity index (χ1v) is 6.15. The van der Waals surface area contributed by atoms with Crippen LogP contribution in [0.2, 0.25) is 10.0 Å². The maximum Gasteiger partial charge on any atom is 0.126 e. The van der Waals surface area contributed by atoms with Gasteiger partial charge in [-0.3, -0.25) is 0 Å². The second-order valence-electron chi connectivity index (χ2n) is 3.93. The summed E-state index contributed by atoms with van der Waals surface area (Å²) in [6.07, 6.45) is 0. The number of aryl methyl sites for hydroxylation is 1. The number of hydrogen-bond donors (Lipinski definition) is 0. The highest BCUT2D eigenvalue weighted by Gasteiger charge is 2.05. The molecule has 0 bridgehead atoms. The molecule has 0 radical (unpaired) electrons. The van der Waals surface area contributed by atoms with Crippen molar-refractivity contribution >= 4 is 23.2 Å². The molecule has 0 N–H and O–H groups in total. The molecule has 1 nitrogen and oxygen atoms in total. The Kier molecular flexibility index (Phi) is 4.10. The molecule has 0 saturated carbocycles. The fraction of sp³-hybridized carbons (Fsp3) is 0.143. The van der Waals surface area contributed by atoms with Crippen molar-refractivity contribution in [3.63, 3.8) is 0 Å². The summed E-state index contributed by atoms with van der Waals surface area (Å²) in [5, 5.41) is 1.11. The molecule has 18 heavy (non-hydrogen) atoms. The first-order chi connectivity index (χ1) is 8.56. The predicted molar refractivity (Wildman–Crippen MR) is 71.9 cm³/mol. The van der Waals surface area contributed by atoms with Crippen LogP contribution in [0.25, 0.3) is 0 Å². The molecule has 0 aliphatic carbocycles. The van der Waals surface area contributed by atoms with Gasteiger partial charge in [-0.15, -0.1) is 0 Å². The van der Waals surface area contributed by atoms with E-state index in [1.165, 1.54) is 12.1 Å². The first kappa shape index (κ1) is 13.2. The molecule has 0 aliphatic rings. The number of benzene rings is 2. The zero-order valence-corrected chi connectivity index (χ0v) is 11.2. The largest absolute Gasteiger partial charge is 0.488 e. The van der Waals surface area contributed by atoms with Crippen molar-refractivity contribution in [3.8, 4) is 5.75 Å². The Morgan fingerprint density at radius 3 is 2.61 bits per heavy atom. The SMILES string of the molecule is Cc1ccc(F)cc1OCc1ccc(Cl)cc1Cl. The average molecular weight is 285 g/mol. The highest BCUT2D eigenvalue weighted by atomic mass is 35.5. The molecule has 0 saturated heterocycles. The van der Waals surface area contributed by atoms with Crippen LogP contribution in [0.5, 0.6) is 5.75 Å². The van der Waals surface area contributed by atoms with Crippen molar-refractivity contribution in [2.45, 2.75) is 13.5 Å². The van der Waals surface area contributed by atoms with E-state index in [2.05, 4.69) is 0 Å². The number of ether oxygens (including phenoxy) is 1. The number of halogens is 3. The van der Waals surface area contributed by atoms with E-state index in [1.807, 2.05) is 6.92 Å². The molecule has 4 heteroatoms. The molecule has 0 spiro atoms. The van der Waals surface area contributed by atoms with Crippen molar-refractivity contribution in [1.82, 2.24) is 0 Å². The van der Waals surface area contributed by atoms with Gasteiger partial charge >= 0.3 is 0 Å². The highest BCUT2D eigenvalue weighted by molar-refractivity contribution is 6.35. The van der Waals surface area contributed by atoms with Crippen LogP contribution in [-0.4, -0.2) is 0 Å². The predicted octanol–water partition coefficient (Wildman–Crippen LogP) is 5.02. The molecule has 0 aliphatic heterocycles. The van der Waals surface area contributed by atoms with E-state index in [-0.39, 0.29) is 12.4 Å². The van der Waals surface area contributed by atoms with Crippen molar-refractivity contribution in [2.24, 2.45) is 0 Å². The van der Waals surface area contributed by atoms with Gasteiger partial charge in [-0.25, -0.2) is 4.39 Å². The van der Waals surface area contributed by atoms with E-state index in [0.717, 1.165) is 11.1 Å². The second kappa shape index (κ2) is 5.59. The summed E-state index contributed by atoms with van der Waals surface area (Å²) in [5.41, 5.74) is 1.69. The summed E-state index contributed by atoms with van der Waals surface area (Å²) in [6, 6.07) is 9.62. The molecule has 0 aromatic heterocycles. The minimum Gasteiger partial charge on any atom is -0.488 e. The minimum atomic E-state index is -0.321. The molecule has 0 amide bonds. The van der Waals surface area contributed by atoms with Crippen LogP contribution in [0.15, 0.2) is 36.4 Å². The normalized spacial score (nSPS) is 10.4. The van der Waals surface area contributed by atoms with Gasteiger partial charge in [0.2, 0.25) is 0 Å². The fourth-order valence-corrected chi connectivity index (χ4v) is 1.99. The molecule has 0 heterocycles. The third-order valence-electron chi connectivity index (χ3n) is 2.55. The van der Waals surface area contributed by atoms with Crippen LogP contribution in [0.3, 0.4) is 0 Å². The lowest BCUT2D eigenvalue weighted by Crippen LogP contribution is -1.98. The number of rotatable bonds is 3. The van der Waals surface area contributed by atoms with E-state index in [9.17, 15) is 4.39 Å². The van der Waals surface area contributed by atoms with Gasteiger partial charge in [0, 0.05) is 21.7 Å². The van der Waals surface area contributed by atoms with Crippen molar-refractivity contribution in [1.29, 1.82) is 0 Å². The van der Waals surface area contributed by atoms with E-state index in [4.69, 9.17) is 27.9 Å². The van der Waals surface area contributed by atoms with Gasteiger partial charge in [0.05, 0.1) is 0 Å². The van der Waals surface area contributed by atoms with Gasteiger partial charge in [-0.05, 0) is 30.7 Å². The Hall–Kier alpha value is -1.25. The van der Waals surface area contributed by atoms with Crippen molar-refractivity contribution in [2.75, 3.05) is 0 Å². The topological polar surface area (TPSA) is 9.23 Å². The maximum atomic E-state index is 13.1. The van der Waals surface area contributed by atoms with Crippen LogP contribution in [-0.2, 0) is 6.61 Å². The Morgan fingerprint density at radius 2 is 1.89 bits per heavy atom. The van der Waals surface area contributed by atoms with Gasteiger partial charge in [0.1, 0.15) is 18.2 Å². The summed E-state index contributed by atoms with van der Waals surface area (Å²) in [6.45, 7) is 2.14. The molecular weight excluding hydrogens is 274 g/mol. The summed E-state index contributed by atoms with van der Waals surface area (Å²) in [5.74, 6) is 0.193. The lowest BCUT2D eigenvalue weighted by Gasteiger charge is -2.10. The van der Waals surface area contributed by atoms with Gasteiger partial charge in [-0.1, -0.05) is 35.3 Å². The van der Waals surface area contributed by atoms with E-state index < -0.39 is 0 Å². The Balaban J connectivity index is 2.13. The summed E-state index contributed by atoms with van der Waals surface area (Å²) in [7, 11) is 0. The quantitative estimate of drug-likeness (QED) is 0.769. The lowest BCUT2D eigenvalue weighted by atomic mass is 10.2. The van der Waals surface area contributed by atoms with E-state index in [1.54, 1.807) is 24.3 Å². The zero-order chi connectivity index (χ0) is 13.1. The van der Waals surface area contributed by atoms with Gasteiger partial charge < -0.3 is 4.74 Å². The lowest BCUT2D eigenvalue weighted by molar-refractivity contribution is 0.302. The van der Waals surface area contributed by atoms with E-state index >= 15 is 0 Å². The maximum absolute atomic E-state index is 13.1.